The molecule has 3 rings (SSSR count). The lowest BCUT2D eigenvalue weighted by Gasteiger charge is -2.10. The van der Waals surface area contributed by atoms with E-state index < -0.39 is 6.10 Å². The number of aliphatic hydroxyl groups is 1. The van der Waals surface area contributed by atoms with Crippen LogP contribution >= 0.6 is 0 Å². The Labute approximate surface area is 168 Å². The highest BCUT2D eigenvalue weighted by Crippen LogP contribution is 2.46. The lowest BCUT2D eigenvalue weighted by molar-refractivity contribution is 0.225. The Morgan fingerprint density at radius 1 is 0.750 bits per heavy atom. The van der Waals surface area contributed by atoms with E-state index in [-0.39, 0.29) is 0 Å². The highest BCUT2D eigenvalue weighted by Gasteiger charge is 2.27. The van der Waals surface area contributed by atoms with Gasteiger partial charge in [0.25, 0.3) is 0 Å². The molecule has 0 spiro atoms. The summed E-state index contributed by atoms with van der Waals surface area (Å²) in [5, 5.41) is 17.3. The average molecular weight is 385 g/mol. The zero-order valence-electron chi connectivity index (χ0n) is 17.0. The van der Waals surface area contributed by atoms with Crippen molar-refractivity contribution < 1.29 is 14.6 Å². The fraction of sp³-hybridized carbons (Fsp3) is 0.478. The van der Waals surface area contributed by atoms with E-state index >= 15 is 0 Å². The van der Waals surface area contributed by atoms with Gasteiger partial charge in [-0.05, 0) is 72.5 Å². The van der Waals surface area contributed by atoms with Crippen LogP contribution in [0, 0.1) is 0 Å². The Bertz CT molecular complexity index is 700. The molecule has 0 radical (unpaired) electrons. The number of fused-ring (bicyclic) bond motifs is 3. The van der Waals surface area contributed by atoms with Crippen LogP contribution in [0.5, 0.6) is 11.5 Å². The van der Waals surface area contributed by atoms with Crippen molar-refractivity contribution in [1.29, 1.82) is 0 Å². The molecule has 3 N–H and O–H groups in total. The summed E-state index contributed by atoms with van der Waals surface area (Å²) >= 11 is 0. The molecule has 0 saturated carbocycles. The number of nitrogens with one attached hydrogen (secondary N) is 2. The lowest BCUT2D eigenvalue weighted by atomic mass is 10.1. The van der Waals surface area contributed by atoms with Crippen molar-refractivity contribution in [2.24, 2.45) is 0 Å². The van der Waals surface area contributed by atoms with Crippen LogP contribution in [0.15, 0.2) is 36.4 Å². The summed E-state index contributed by atoms with van der Waals surface area (Å²) in [6, 6.07) is 11.8. The predicted molar refractivity (Wildman–Crippen MR) is 113 cm³/mol. The van der Waals surface area contributed by atoms with E-state index in [1.807, 2.05) is 36.4 Å². The molecule has 0 unspecified atom stereocenters. The quantitative estimate of drug-likeness (QED) is 0.489. The molecule has 2 aromatic carbocycles. The van der Waals surface area contributed by atoms with Crippen LogP contribution in [0.4, 0.5) is 0 Å². The third kappa shape index (κ3) is 5.04. The van der Waals surface area contributed by atoms with E-state index in [1.165, 1.54) is 0 Å². The molecule has 2 aromatic rings. The van der Waals surface area contributed by atoms with E-state index in [0.29, 0.717) is 13.2 Å². The Hall–Kier alpha value is -2.08. The Morgan fingerprint density at radius 3 is 1.64 bits per heavy atom. The molecule has 5 nitrogen and oxygen atoms in total. The first kappa shape index (κ1) is 20.6. The molecule has 0 aromatic heterocycles. The van der Waals surface area contributed by atoms with Gasteiger partial charge in [0.2, 0.25) is 0 Å². The number of hydrogen-bond donors (Lipinski definition) is 3. The zero-order chi connectivity index (χ0) is 19.8. The van der Waals surface area contributed by atoms with Gasteiger partial charge in [-0.25, -0.2) is 0 Å². The van der Waals surface area contributed by atoms with Crippen LogP contribution in [0.2, 0.25) is 0 Å². The third-order valence-corrected chi connectivity index (χ3v) is 4.88. The van der Waals surface area contributed by atoms with Crippen molar-refractivity contribution in [3.8, 4) is 22.6 Å². The van der Waals surface area contributed by atoms with Gasteiger partial charge in [0.1, 0.15) is 30.8 Å². The summed E-state index contributed by atoms with van der Waals surface area (Å²) in [4.78, 5) is 0. The largest absolute Gasteiger partial charge is 0.492 e. The minimum atomic E-state index is -0.592. The Kier molecular flexibility index (Phi) is 7.71. The average Bonchev–Trinajstić information content (AvgIpc) is 2.99. The maximum absolute atomic E-state index is 10.7. The molecule has 152 valence electrons. The number of benzene rings is 2. The van der Waals surface area contributed by atoms with Gasteiger partial charge in [0.15, 0.2) is 0 Å². The van der Waals surface area contributed by atoms with Crippen molar-refractivity contribution in [3.63, 3.8) is 0 Å². The molecule has 0 heterocycles. The van der Waals surface area contributed by atoms with Gasteiger partial charge in [0, 0.05) is 13.1 Å². The Morgan fingerprint density at radius 2 is 1.21 bits per heavy atom. The van der Waals surface area contributed by atoms with Crippen LogP contribution < -0.4 is 20.1 Å². The first-order valence-electron chi connectivity index (χ1n) is 10.4. The van der Waals surface area contributed by atoms with Crippen LogP contribution in [-0.4, -0.2) is 44.5 Å². The summed E-state index contributed by atoms with van der Waals surface area (Å²) in [6.45, 7) is 9.22. The summed E-state index contributed by atoms with van der Waals surface area (Å²) in [7, 11) is 0. The van der Waals surface area contributed by atoms with E-state index in [4.69, 9.17) is 9.47 Å². The molecule has 0 atom stereocenters. The highest BCUT2D eigenvalue weighted by molar-refractivity contribution is 5.80. The standard InChI is InChI=1S/C23H32N2O3/c1-3-9-24-11-13-27-17-5-7-19-21(15-17)22-16-18(6-8-20(22)23(19)26)28-14-12-25-10-4-2/h5-8,15-16,23-26H,3-4,9-14H2,1-2H3. The molecular formula is C23H32N2O3. The molecule has 5 heteroatoms. The second-order valence-electron chi connectivity index (χ2n) is 7.10. The lowest BCUT2D eigenvalue weighted by Crippen LogP contribution is -2.21. The maximum Gasteiger partial charge on any atom is 0.120 e. The molecule has 1 aliphatic carbocycles. The third-order valence-electron chi connectivity index (χ3n) is 4.88. The van der Waals surface area contributed by atoms with Crippen molar-refractivity contribution in [3.05, 3.63) is 47.5 Å². The molecule has 0 fully saturated rings. The first-order chi connectivity index (χ1) is 13.7. The van der Waals surface area contributed by atoms with Gasteiger partial charge >= 0.3 is 0 Å². The fourth-order valence-corrected chi connectivity index (χ4v) is 3.45. The Balaban J connectivity index is 1.67. The molecule has 0 saturated heterocycles. The summed E-state index contributed by atoms with van der Waals surface area (Å²) in [5.74, 6) is 1.65. The van der Waals surface area contributed by atoms with E-state index in [2.05, 4.69) is 24.5 Å². The molecule has 28 heavy (non-hydrogen) atoms. The SMILES string of the molecule is CCCNCCOc1ccc2c(c1)-c1cc(OCCNCCC)ccc1C2O. The fourth-order valence-electron chi connectivity index (χ4n) is 3.45. The van der Waals surface area contributed by atoms with Crippen LogP contribution in [0.1, 0.15) is 43.9 Å². The van der Waals surface area contributed by atoms with Gasteiger partial charge in [0.05, 0.1) is 0 Å². The van der Waals surface area contributed by atoms with Crippen molar-refractivity contribution in [2.45, 2.75) is 32.8 Å². The summed E-state index contributed by atoms with van der Waals surface area (Å²) < 4.78 is 11.8. The highest BCUT2D eigenvalue weighted by atomic mass is 16.5. The summed E-state index contributed by atoms with van der Waals surface area (Å²) in [5.41, 5.74) is 3.90. The number of aliphatic hydroxyl groups excluding tert-OH is 1. The summed E-state index contributed by atoms with van der Waals surface area (Å²) in [6.07, 6.45) is 1.64. The zero-order valence-corrected chi connectivity index (χ0v) is 17.0. The second-order valence-corrected chi connectivity index (χ2v) is 7.10. The molecular weight excluding hydrogens is 352 g/mol. The normalized spacial score (nSPS) is 12.7. The maximum atomic E-state index is 10.7. The number of hydrogen-bond acceptors (Lipinski definition) is 5. The molecule has 0 bridgehead atoms. The van der Waals surface area contributed by atoms with Gasteiger partial charge < -0.3 is 25.2 Å². The second kappa shape index (κ2) is 10.5. The number of rotatable bonds is 12. The van der Waals surface area contributed by atoms with E-state index in [9.17, 15) is 5.11 Å². The van der Waals surface area contributed by atoms with Crippen molar-refractivity contribution in [2.75, 3.05) is 39.4 Å². The van der Waals surface area contributed by atoms with Crippen LogP contribution in [0.3, 0.4) is 0 Å². The van der Waals surface area contributed by atoms with Crippen LogP contribution in [0.25, 0.3) is 11.1 Å². The topological polar surface area (TPSA) is 62.8 Å². The molecule has 0 amide bonds. The van der Waals surface area contributed by atoms with Crippen LogP contribution in [-0.2, 0) is 0 Å². The predicted octanol–water partition coefficient (Wildman–Crippen LogP) is 3.51. The minimum Gasteiger partial charge on any atom is -0.492 e. The van der Waals surface area contributed by atoms with Gasteiger partial charge in [-0.2, -0.15) is 0 Å². The smallest absolute Gasteiger partial charge is 0.120 e. The number of ether oxygens (including phenoxy) is 2. The minimum absolute atomic E-state index is 0.592. The van der Waals surface area contributed by atoms with Gasteiger partial charge in [-0.1, -0.05) is 26.0 Å². The molecule has 0 aliphatic heterocycles. The van der Waals surface area contributed by atoms with E-state index in [1.54, 1.807) is 0 Å². The molecule has 1 aliphatic rings. The van der Waals surface area contributed by atoms with Gasteiger partial charge in [-0.3, -0.25) is 0 Å². The van der Waals surface area contributed by atoms with Gasteiger partial charge in [-0.15, -0.1) is 0 Å². The first-order valence-corrected chi connectivity index (χ1v) is 10.4. The van der Waals surface area contributed by atoms with E-state index in [0.717, 1.165) is 72.8 Å². The van der Waals surface area contributed by atoms with Crippen molar-refractivity contribution >= 4 is 0 Å². The van der Waals surface area contributed by atoms with Crippen molar-refractivity contribution in [1.82, 2.24) is 10.6 Å². The monoisotopic (exact) mass is 384 g/mol.